The van der Waals surface area contributed by atoms with Gasteiger partial charge in [-0.2, -0.15) is 9.13 Å². The summed E-state index contributed by atoms with van der Waals surface area (Å²) in [4.78, 5) is 0. The van der Waals surface area contributed by atoms with Crippen LogP contribution in [0.25, 0.3) is 67.3 Å². The average molecular weight is 803 g/mol. The van der Waals surface area contributed by atoms with Crippen LogP contribution < -0.4 is 9.13 Å². The van der Waals surface area contributed by atoms with Crippen molar-refractivity contribution in [3.05, 3.63) is 202 Å². The van der Waals surface area contributed by atoms with Crippen molar-refractivity contribution in [1.29, 1.82) is 0 Å². The highest BCUT2D eigenvalue weighted by molar-refractivity contribution is 5.87. The van der Waals surface area contributed by atoms with E-state index < -0.39 is 0 Å². The van der Waals surface area contributed by atoms with Crippen molar-refractivity contribution in [3.8, 4) is 67.3 Å². The smallest absolute Gasteiger partial charge is 0.191 e. The Labute approximate surface area is 367 Å². The molecule has 2 heterocycles. The summed E-state index contributed by atoms with van der Waals surface area (Å²) in [6, 6.07) is 59.7. The van der Waals surface area contributed by atoms with E-state index in [2.05, 4.69) is 167 Å². The maximum Gasteiger partial charge on any atom is 0.217 e. The Hall–Kier alpha value is -6.38. The van der Waals surface area contributed by atoms with Gasteiger partial charge in [-0.05, 0) is 122 Å². The van der Waals surface area contributed by atoms with E-state index in [1.807, 2.05) is 0 Å². The molecule has 0 bridgehead atoms. The first-order valence-corrected chi connectivity index (χ1v) is 23.5. The lowest BCUT2D eigenvalue weighted by molar-refractivity contribution is -0.678. The molecule has 0 saturated heterocycles. The Morgan fingerprint density at radius 1 is 0.274 bits per heavy atom. The van der Waals surface area contributed by atoms with Gasteiger partial charge in [-0.3, -0.25) is 0 Å². The van der Waals surface area contributed by atoms with E-state index in [1.54, 1.807) is 22.3 Å². The van der Waals surface area contributed by atoms with E-state index >= 15 is 0 Å². The van der Waals surface area contributed by atoms with E-state index in [0.717, 1.165) is 77.3 Å². The van der Waals surface area contributed by atoms with Crippen LogP contribution in [0.1, 0.15) is 70.2 Å². The number of aryl methyl sites for hydroxylation is 4. The van der Waals surface area contributed by atoms with Gasteiger partial charge in [0.15, 0.2) is 0 Å². The van der Waals surface area contributed by atoms with Crippen LogP contribution >= 0.6 is 0 Å². The van der Waals surface area contributed by atoms with Crippen molar-refractivity contribution in [2.24, 2.45) is 0 Å². The third-order valence-electron chi connectivity index (χ3n) is 14.7. The first-order valence-electron chi connectivity index (χ1n) is 23.5. The van der Waals surface area contributed by atoms with Crippen LogP contribution in [0.15, 0.2) is 158 Å². The Morgan fingerprint density at radius 3 is 0.855 bits per heavy atom. The standard InChI is InChI=1S/C60H54N2/c1(17-39-61-57-47-27-13-9-19-41(47)31-35-51(57)55(45-23-5-3-6-24-45)52-36-32-42-20-10-14-28-48(42)58(52)61)2-18-40-62-59-49-29-15-11-21-43(49)33-37-53(59)56(46-25-7-4-8-26-46)54-38-34-44-22-12-16-30-50(44)60(54)62/h3-16,19-30H,1-2,17-18,31-40H2/q+2. The zero-order valence-corrected chi connectivity index (χ0v) is 35.8. The molecule has 0 spiro atoms. The molecule has 4 aliphatic rings. The average Bonchev–Trinajstić information content (AvgIpc) is 3.34. The molecule has 12 rings (SSSR count). The third kappa shape index (κ3) is 6.21. The second kappa shape index (κ2) is 15.8. The minimum absolute atomic E-state index is 1.03. The molecule has 302 valence electrons. The lowest BCUT2D eigenvalue weighted by atomic mass is 9.77. The Kier molecular flexibility index (Phi) is 9.54. The van der Waals surface area contributed by atoms with E-state index in [1.165, 1.54) is 102 Å². The van der Waals surface area contributed by atoms with Gasteiger partial charge in [0.05, 0.1) is 0 Å². The fourth-order valence-corrected chi connectivity index (χ4v) is 12.1. The number of fused-ring (bicyclic) bond motifs is 12. The molecular weight excluding hydrogens is 749 g/mol. The number of aromatic nitrogens is 2. The number of unbranched alkanes of at least 4 members (excludes halogenated alkanes) is 3. The number of benzene rings is 6. The fraction of sp³-hybridized carbons (Fsp3) is 0.233. The van der Waals surface area contributed by atoms with E-state index in [0.29, 0.717) is 0 Å². The van der Waals surface area contributed by atoms with Crippen molar-refractivity contribution in [1.82, 2.24) is 0 Å². The SMILES string of the molecule is c1ccc(-c2c3c([n+](CCCCCC[n+]4c5c(c(-c6ccccc6)c6c4-c4ccccc4CC6)CCc4ccccc4-5)c4c2CCc2ccccc2-4)-c2ccccc2CC3)cc1. The molecule has 0 fully saturated rings. The molecule has 0 saturated carbocycles. The van der Waals surface area contributed by atoms with Crippen molar-refractivity contribution < 1.29 is 9.13 Å². The highest BCUT2D eigenvalue weighted by Gasteiger charge is 2.39. The molecule has 62 heavy (non-hydrogen) atoms. The topological polar surface area (TPSA) is 7.76 Å². The zero-order chi connectivity index (χ0) is 41.0. The molecule has 4 aliphatic carbocycles. The van der Waals surface area contributed by atoms with Crippen molar-refractivity contribution in [2.75, 3.05) is 0 Å². The molecule has 0 atom stereocenters. The van der Waals surface area contributed by atoms with Crippen molar-refractivity contribution >= 4 is 0 Å². The summed E-state index contributed by atoms with van der Waals surface area (Å²) in [5, 5.41) is 0. The van der Waals surface area contributed by atoms with Gasteiger partial charge in [0, 0.05) is 68.5 Å². The first-order chi connectivity index (χ1) is 30.8. The zero-order valence-electron chi connectivity index (χ0n) is 35.8. The second-order valence-electron chi connectivity index (χ2n) is 18.1. The summed E-state index contributed by atoms with van der Waals surface area (Å²) in [6.45, 7) is 2.07. The number of hydrogen-bond donors (Lipinski definition) is 0. The molecule has 8 aromatic rings. The number of pyridine rings is 2. The van der Waals surface area contributed by atoms with Gasteiger partial charge in [-0.25, -0.2) is 0 Å². The largest absolute Gasteiger partial charge is 0.217 e. The summed E-state index contributed by atoms with van der Waals surface area (Å²) in [5.41, 5.74) is 29.5. The first kappa shape index (κ1) is 37.4. The van der Waals surface area contributed by atoms with Crippen LogP contribution in [0.3, 0.4) is 0 Å². The van der Waals surface area contributed by atoms with Gasteiger partial charge >= 0.3 is 0 Å². The predicted molar refractivity (Wildman–Crippen MR) is 254 cm³/mol. The van der Waals surface area contributed by atoms with Gasteiger partial charge in [0.25, 0.3) is 0 Å². The van der Waals surface area contributed by atoms with Crippen LogP contribution in [0.4, 0.5) is 0 Å². The monoisotopic (exact) mass is 802 g/mol. The van der Waals surface area contributed by atoms with Crippen LogP contribution in [-0.2, 0) is 64.5 Å². The molecule has 0 amide bonds. The molecular formula is C60H54N2+2. The lowest BCUT2D eigenvalue weighted by Crippen LogP contribution is -2.44. The Bertz CT molecular complexity index is 2650. The van der Waals surface area contributed by atoms with E-state index in [-0.39, 0.29) is 0 Å². The van der Waals surface area contributed by atoms with Crippen molar-refractivity contribution in [2.45, 2.75) is 90.1 Å². The predicted octanol–water partition coefficient (Wildman–Crippen LogP) is 12.9. The van der Waals surface area contributed by atoms with Crippen LogP contribution in [0.2, 0.25) is 0 Å². The second-order valence-corrected chi connectivity index (χ2v) is 18.1. The Morgan fingerprint density at radius 2 is 0.548 bits per heavy atom. The van der Waals surface area contributed by atoms with Gasteiger partial charge in [0.2, 0.25) is 22.8 Å². The summed E-state index contributed by atoms with van der Waals surface area (Å²) < 4.78 is 5.59. The number of rotatable bonds is 9. The van der Waals surface area contributed by atoms with Crippen molar-refractivity contribution in [3.63, 3.8) is 0 Å². The maximum atomic E-state index is 2.80. The minimum atomic E-state index is 1.03. The molecule has 2 aromatic heterocycles. The molecule has 0 aliphatic heterocycles. The summed E-state index contributed by atoms with van der Waals surface area (Å²) >= 11 is 0. The quantitative estimate of drug-likeness (QED) is 0.101. The third-order valence-corrected chi connectivity index (χ3v) is 14.7. The Balaban J connectivity index is 0.913. The number of hydrogen-bond acceptors (Lipinski definition) is 0. The van der Waals surface area contributed by atoms with Gasteiger partial charge < -0.3 is 0 Å². The fourth-order valence-electron chi connectivity index (χ4n) is 12.1. The molecule has 2 nitrogen and oxygen atoms in total. The normalized spacial score (nSPS) is 14.0. The van der Waals surface area contributed by atoms with E-state index in [9.17, 15) is 0 Å². The summed E-state index contributed by atoms with van der Waals surface area (Å²) in [5.74, 6) is 0. The molecule has 6 aromatic carbocycles. The van der Waals surface area contributed by atoms with Gasteiger partial charge in [0.1, 0.15) is 13.1 Å². The van der Waals surface area contributed by atoms with Crippen LogP contribution in [0.5, 0.6) is 0 Å². The maximum absolute atomic E-state index is 2.80. The molecule has 0 radical (unpaired) electrons. The molecule has 0 N–H and O–H groups in total. The molecule has 2 heteroatoms. The number of nitrogens with zero attached hydrogens (tertiary/aromatic N) is 2. The highest BCUT2D eigenvalue weighted by atomic mass is 15.0. The summed E-state index contributed by atoms with van der Waals surface area (Å²) in [6.07, 6.45) is 13.5. The van der Waals surface area contributed by atoms with Crippen LogP contribution in [-0.4, -0.2) is 0 Å². The van der Waals surface area contributed by atoms with Gasteiger partial charge in [-0.1, -0.05) is 133 Å². The molecule has 0 unspecified atom stereocenters. The lowest BCUT2D eigenvalue weighted by Gasteiger charge is -2.28. The highest BCUT2D eigenvalue weighted by Crippen LogP contribution is 2.47. The van der Waals surface area contributed by atoms with E-state index in [4.69, 9.17) is 0 Å². The van der Waals surface area contributed by atoms with Gasteiger partial charge in [-0.15, -0.1) is 0 Å². The van der Waals surface area contributed by atoms with Crippen LogP contribution in [0, 0.1) is 0 Å². The summed E-state index contributed by atoms with van der Waals surface area (Å²) in [7, 11) is 0. The minimum Gasteiger partial charge on any atom is -0.191 e.